The lowest BCUT2D eigenvalue weighted by atomic mass is 10.2. The van der Waals surface area contributed by atoms with Crippen LogP contribution in [0.3, 0.4) is 0 Å². The van der Waals surface area contributed by atoms with Crippen LogP contribution >= 0.6 is 0 Å². The van der Waals surface area contributed by atoms with Crippen LogP contribution in [0.5, 0.6) is 0 Å². The minimum absolute atomic E-state index is 0.323. The van der Waals surface area contributed by atoms with Crippen molar-refractivity contribution in [1.82, 2.24) is 19.3 Å². The number of aryl methyl sites for hydroxylation is 2. The van der Waals surface area contributed by atoms with E-state index in [0.717, 1.165) is 42.3 Å². The highest BCUT2D eigenvalue weighted by molar-refractivity contribution is 5.70. The normalized spacial score (nSPS) is 11.4. The van der Waals surface area contributed by atoms with Crippen LogP contribution in [0, 0.1) is 0 Å². The van der Waals surface area contributed by atoms with Crippen LogP contribution in [-0.2, 0) is 13.0 Å². The van der Waals surface area contributed by atoms with Gasteiger partial charge in [-0.1, -0.05) is 6.92 Å². The summed E-state index contributed by atoms with van der Waals surface area (Å²) in [5.74, 6) is 1.81. The molecule has 0 radical (unpaired) electrons. The number of aromatic nitrogens is 4. The van der Waals surface area contributed by atoms with E-state index in [0.29, 0.717) is 6.04 Å². The maximum absolute atomic E-state index is 6.28. The Balaban J connectivity index is 2.48. The lowest BCUT2D eigenvalue weighted by Gasteiger charge is -2.12. The highest BCUT2D eigenvalue weighted by atomic mass is 15.3. The molecule has 0 fully saturated rings. The summed E-state index contributed by atoms with van der Waals surface area (Å²) in [6.45, 7) is 9.35. The summed E-state index contributed by atoms with van der Waals surface area (Å²) in [5.41, 5.74) is 8.14. The Labute approximate surface area is 114 Å². The molecule has 5 heteroatoms. The molecule has 0 saturated heterocycles. The second-order valence-electron chi connectivity index (χ2n) is 5.06. The smallest absolute Gasteiger partial charge is 0.132 e. The number of hydrogen-bond acceptors (Lipinski definition) is 3. The Morgan fingerprint density at radius 2 is 2.05 bits per heavy atom. The van der Waals surface area contributed by atoms with E-state index in [1.165, 1.54) is 0 Å². The fraction of sp³-hybridized carbons (Fsp3) is 0.571. The van der Waals surface area contributed by atoms with Gasteiger partial charge in [0, 0.05) is 30.8 Å². The van der Waals surface area contributed by atoms with Crippen molar-refractivity contribution >= 4 is 5.82 Å². The zero-order chi connectivity index (χ0) is 14.0. The van der Waals surface area contributed by atoms with Gasteiger partial charge in [0.05, 0.1) is 6.20 Å². The zero-order valence-electron chi connectivity index (χ0n) is 12.2. The molecule has 2 rings (SSSR count). The third-order valence-corrected chi connectivity index (χ3v) is 3.24. The minimum Gasteiger partial charge on any atom is -0.383 e. The van der Waals surface area contributed by atoms with E-state index in [9.17, 15) is 0 Å². The van der Waals surface area contributed by atoms with Crippen molar-refractivity contribution in [2.45, 2.75) is 53.1 Å². The predicted molar refractivity (Wildman–Crippen MR) is 77.9 cm³/mol. The van der Waals surface area contributed by atoms with Crippen molar-refractivity contribution in [2.24, 2.45) is 0 Å². The molecule has 5 nitrogen and oxygen atoms in total. The molecule has 104 valence electrons. The summed E-state index contributed by atoms with van der Waals surface area (Å²) in [7, 11) is 0. The molecule has 0 bridgehead atoms. The van der Waals surface area contributed by atoms with Crippen molar-refractivity contribution in [3.63, 3.8) is 0 Å². The van der Waals surface area contributed by atoms with Gasteiger partial charge in [0.1, 0.15) is 17.3 Å². The monoisotopic (exact) mass is 261 g/mol. The average molecular weight is 261 g/mol. The maximum atomic E-state index is 6.28. The van der Waals surface area contributed by atoms with E-state index >= 15 is 0 Å². The second-order valence-corrected chi connectivity index (χ2v) is 5.06. The van der Waals surface area contributed by atoms with Crippen LogP contribution in [0.25, 0.3) is 11.3 Å². The van der Waals surface area contributed by atoms with Crippen molar-refractivity contribution in [3.05, 3.63) is 18.2 Å². The largest absolute Gasteiger partial charge is 0.383 e. The first-order chi connectivity index (χ1) is 9.08. The van der Waals surface area contributed by atoms with Gasteiger partial charge in [0.25, 0.3) is 0 Å². The van der Waals surface area contributed by atoms with Gasteiger partial charge < -0.3 is 10.3 Å². The van der Waals surface area contributed by atoms with Crippen LogP contribution in [-0.4, -0.2) is 19.3 Å². The van der Waals surface area contributed by atoms with E-state index in [4.69, 9.17) is 10.7 Å². The Bertz CT molecular complexity index is 550. The van der Waals surface area contributed by atoms with Gasteiger partial charge in [-0.2, -0.15) is 5.10 Å². The summed E-state index contributed by atoms with van der Waals surface area (Å²) in [6, 6.07) is 0.323. The van der Waals surface area contributed by atoms with Crippen molar-refractivity contribution < 1.29 is 0 Å². The molecule has 2 heterocycles. The summed E-state index contributed by atoms with van der Waals surface area (Å²) in [4.78, 5) is 4.72. The number of rotatable bonds is 5. The van der Waals surface area contributed by atoms with Gasteiger partial charge in [-0.05, 0) is 27.2 Å². The number of hydrogen-bond donors (Lipinski definition) is 1. The van der Waals surface area contributed by atoms with Crippen LogP contribution in [0.2, 0.25) is 0 Å². The SMILES string of the molecule is CCCc1nc(-c2cnn(CC)c2)c(N)n1C(C)C. The first-order valence-electron chi connectivity index (χ1n) is 6.97. The lowest BCUT2D eigenvalue weighted by Crippen LogP contribution is -2.09. The van der Waals surface area contributed by atoms with Gasteiger partial charge >= 0.3 is 0 Å². The lowest BCUT2D eigenvalue weighted by molar-refractivity contribution is 0.571. The molecule has 0 spiro atoms. The third kappa shape index (κ3) is 2.50. The molecule has 0 aliphatic carbocycles. The molecule has 19 heavy (non-hydrogen) atoms. The quantitative estimate of drug-likeness (QED) is 0.900. The van der Waals surface area contributed by atoms with Gasteiger partial charge in [-0.25, -0.2) is 4.98 Å². The Morgan fingerprint density at radius 3 is 2.58 bits per heavy atom. The molecule has 2 aromatic heterocycles. The van der Waals surface area contributed by atoms with Crippen LogP contribution < -0.4 is 5.73 Å². The number of imidazole rings is 1. The highest BCUT2D eigenvalue weighted by Crippen LogP contribution is 2.29. The average Bonchev–Trinajstić information content (AvgIpc) is 2.94. The summed E-state index contributed by atoms with van der Waals surface area (Å²) < 4.78 is 4.02. The maximum Gasteiger partial charge on any atom is 0.132 e. The van der Waals surface area contributed by atoms with E-state index in [1.54, 1.807) is 0 Å². The predicted octanol–water partition coefficient (Wildman–Crippen LogP) is 2.88. The number of nitrogens with zero attached hydrogens (tertiary/aromatic N) is 4. The van der Waals surface area contributed by atoms with E-state index in [1.807, 2.05) is 17.1 Å². The molecule has 0 aliphatic rings. The van der Waals surface area contributed by atoms with Crippen LogP contribution in [0.1, 0.15) is 46.0 Å². The molecule has 0 unspecified atom stereocenters. The molecule has 0 amide bonds. The highest BCUT2D eigenvalue weighted by Gasteiger charge is 2.18. The number of anilines is 1. The Morgan fingerprint density at radius 1 is 1.32 bits per heavy atom. The van der Waals surface area contributed by atoms with Gasteiger partial charge in [-0.3, -0.25) is 4.68 Å². The van der Waals surface area contributed by atoms with E-state index < -0.39 is 0 Å². The summed E-state index contributed by atoms with van der Waals surface area (Å²) in [5, 5.41) is 4.29. The third-order valence-electron chi connectivity index (χ3n) is 3.24. The van der Waals surface area contributed by atoms with Crippen LogP contribution in [0.15, 0.2) is 12.4 Å². The van der Waals surface area contributed by atoms with Crippen molar-refractivity contribution in [3.8, 4) is 11.3 Å². The molecule has 0 atom stereocenters. The van der Waals surface area contributed by atoms with Crippen molar-refractivity contribution in [1.29, 1.82) is 0 Å². The number of nitrogen functional groups attached to an aromatic ring is 1. The molecule has 2 N–H and O–H groups in total. The zero-order valence-corrected chi connectivity index (χ0v) is 12.2. The first kappa shape index (κ1) is 13.6. The van der Waals surface area contributed by atoms with Crippen molar-refractivity contribution in [2.75, 3.05) is 5.73 Å². The fourth-order valence-corrected chi connectivity index (χ4v) is 2.34. The molecule has 0 aromatic carbocycles. The van der Waals surface area contributed by atoms with Gasteiger partial charge in [0.15, 0.2) is 0 Å². The molecular formula is C14H23N5. The molecule has 0 saturated carbocycles. The topological polar surface area (TPSA) is 61.7 Å². The second kappa shape index (κ2) is 5.47. The number of nitrogens with two attached hydrogens (primary N) is 1. The molecule has 2 aromatic rings. The Hall–Kier alpha value is -1.78. The molecular weight excluding hydrogens is 238 g/mol. The van der Waals surface area contributed by atoms with Gasteiger partial charge in [-0.15, -0.1) is 0 Å². The summed E-state index contributed by atoms with van der Waals surface area (Å²) in [6.07, 6.45) is 5.85. The first-order valence-corrected chi connectivity index (χ1v) is 6.97. The fourth-order valence-electron chi connectivity index (χ4n) is 2.34. The van der Waals surface area contributed by atoms with E-state index in [2.05, 4.69) is 37.4 Å². The van der Waals surface area contributed by atoms with E-state index in [-0.39, 0.29) is 0 Å². The van der Waals surface area contributed by atoms with Crippen LogP contribution in [0.4, 0.5) is 5.82 Å². The summed E-state index contributed by atoms with van der Waals surface area (Å²) >= 11 is 0. The van der Waals surface area contributed by atoms with Gasteiger partial charge in [0.2, 0.25) is 0 Å². The molecule has 0 aliphatic heterocycles. The standard InChI is InChI=1S/C14H23N5/c1-5-7-12-17-13(14(15)19(12)10(3)4)11-8-16-18(6-2)9-11/h8-10H,5-7,15H2,1-4H3. The minimum atomic E-state index is 0.323. The Kier molecular flexibility index (Phi) is 3.93.